The highest BCUT2D eigenvalue weighted by molar-refractivity contribution is 6.32. The van der Waals surface area contributed by atoms with E-state index in [1.165, 1.54) is 23.1 Å². The van der Waals surface area contributed by atoms with E-state index < -0.39 is 34.7 Å². The first-order valence-electron chi connectivity index (χ1n) is 12.5. The van der Waals surface area contributed by atoms with Crippen LogP contribution in [0.4, 0.5) is 11.4 Å². The normalized spacial score (nSPS) is 26.6. The molecule has 4 atom stereocenters. The zero-order valence-electron chi connectivity index (χ0n) is 19.9. The van der Waals surface area contributed by atoms with Gasteiger partial charge in [0.05, 0.1) is 22.8 Å². The molecule has 1 saturated carbocycles. The van der Waals surface area contributed by atoms with Crippen LogP contribution >= 0.6 is 11.6 Å². The van der Waals surface area contributed by atoms with Crippen LogP contribution in [0.5, 0.6) is 0 Å². The van der Waals surface area contributed by atoms with Crippen LogP contribution < -0.4 is 5.32 Å². The number of nitro benzene ring substituents is 1. The maximum absolute atomic E-state index is 13.9. The smallest absolute Gasteiger partial charge is 0.289 e. The Labute approximate surface area is 218 Å². The van der Waals surface area contributed by atoms with E-state index in [0.29, 0.717) is 0 Å². The number of anilines is 1. The van der Waals surface area contributed by atoms with E-state index >= 15 is 0 Å². The van der Waals surface area contributed by atoms with Crippen molar-refractivity contribution in [2.45, 2.75) is 50.2 Å². The summed E-state index contributed by atoms with van der Waals surface area (Å²) in [5, 5.41) is 14.0. The van der Waals surface area contributed by atoms with Gasteiger partial charge in [0, 0.05) is 24.0 Å². The van der Waals surface area contributed by atoms with Gasteiger partial charge in [-0.15, -0.1) is 0 Å². The number of hydrogen-bond acceptors (Lipinski definition) is 6. The van der Waals surface area contributed by atoms with E-state index in [4.69, 9.17) is 11.6 Å². The number of halogens is 1. The fourth-order valence-corrected chi connectivity index (χ4v) is 6.71. The number of rotatable bonds is 4. The van der Waals surface area contributed by atoms with Crippen molar-refractivity contribution in [3.63, 3.8) is 0 Å². The van der Waals surface area contributed by atoms with Crippen molar-refractivity contribution < 1.29 is 19.3 Å². The van der Waals surface area contributed by atoms with Gasteiger partial charge in [-0.25, -0.2) is 0 Å². The highest BCUT2D eigenvalue weighted by Crippen LogP contribution is 2.53. The van der Waals surface area contributed by atoms with Crippen molar-refractivity contribution in [3.05, 3.63) is 74.9 Å². The number of nitrogens with one attached hydrogen (secondary N) is 1. The minimum Gasteiger partial charge on any atom is -0.357 e. The van der Waals surface area contributed by atoms with Crippen LogP contribution in [0.15, 0.2) is 48.7 Å². The monoisotopic (exact) mass is 520 g/mol. The minimum atomic E-state index is -0.945. The second kappa shape index (κ2) is 8.99. The number of hydrogen-bond donors (Lipinski definition) is 1. The molecule has 3 heterocycles. The summed E-state index contributed by atoms with van der Waals surface area (Å²) in [5.41, 5.74) is 1.73. The summed E-state index contributed by atoms with van der Waals surface area (Å²) in [6, 6.07) is 10.2. The number of likely N-dealkylation sites (tertiary alicyclic amines) is 1. The molecule has 1 aliphatic carbocycles. The molecule has 37 heavy (non-hydrogen) atoms. The first-order chi connectivity index (χ1) is 17.9. The molecule has 0 aromatic heterocycles. The van der Waals surface area contributed by atoms with Gasteiger partial charge >= 0.3 is 0 Å². The van der Waals surface area contributed by atoms with Crippen molar-refractivity contribution in [2.75, 3.05) is 5.32 Å². The summed E-state index contributed by atoms with van der Waals surface area (Å²) in [6.45, 7) is 0. The quantitative estimate of drug-likeness (QED) is 0.360. The van der Waals surface area contributed by atoms with E-state index in [2.05, 4.69) is 5.32 Å². The predicted molar refractivity (Wildman–Crippen MR) is 136 cm³/mol. The molecule has 2 saturated heterocycles. The van der Waals surface area contributed by atoms with Crippen molar-refractivity contribution in [1.82, 2.24) is 9.80 Å². The Hall–Kier alpha value is -3.72. The summed E-state index contributed by atoms with van der Waals surface area (Å²) >= 11 is 5.93. The molecule has 3 fully saturated rings. The van der Waals surface area contributed by atoms with Crippen LogP contribution in [0, 0.1) is 22.0 Å². The van der Waals surface area contributed by atoms with Gasteiger partial charge in [0.2, 0.25) is 17.7 Å². The number of nitro groups is 1. The first kappa shape index (κ1) is 23.7. The number of imide groups is 1. The van der Waals surface area contributed by atoms with E-state index in [1.54, 1.807) is 6.20 Å². The number of carbonyl (C=O) groups excluding carboxylic acids is 3. The number of nitrogens with zero attached hydrogens (tertiary/aromatic N) is 3. The molecule has 1 unspecified atom stereocenters. The lowest BCUT2D eigenvalue weighted by atomic mass is 9.84. The third kappa shape index (κ3) is 3.71. The Balaban J connectivity index is 1.39. The van der Waals surface area contributed by atoms with E-state index in [1.807, 2.05) is 35.2 Å². The Bertz CT molecular complexity index is 1350. The zero-order chi connectivity index (χ0) is 25.8. The average molecular weight is 521 g/mol. The number of fused-ring (bicyclic) bond motifs is 5. The lowest BCUT2D eigenvalue weighted by molar-refractivity contribution is -0.384. The molecule has 10 heteroatoms. The van der Waals surface area contributed by atoms with E-state index in [-0.39, 0.29) is 34.3 Å². The molecule has 2 aromatic carbocycles. The Morgan fingerprint density at radius 2 is 1.76 bits per heavy atom. The molecule has 0 bridgehead atoms. The molecule has 9 nitrogen and oxygen atoms in total. The fraction of sp³-hybridized carbons (Fsp3) is 0.370. The maximum Gasteiger partial charge on any atom is 0.289 e. The fourth-order valence-electron chi connectivity index (χ4n) is 6.53. The van der Waals surface area contributed by atoms with Gasteiger partial charge in [-0.3, -0.25) is 29.4 Å². The molecule has 3 aliphatic heterocycles. The number of carbonyl (C=O) groups is 3. The van der Waals surface area contributed by atoms with Crippen LogP contribution in [0.1, 0.15) is 49.3 Å². The molecule has 4 aliphatic rings. The molecular weight excluding hydrogens is 496 g/mol. The second-order valence-corrected chi connectivity index (χ2v) is 10.5. The molecule has 190 valence electrons. The Morgan fingerprint density at radius 3 is 2.51 bits per heavy atom. The SMILES string of the molecule is O=C(Nc1ccc(Cl)c([N+](=O)[O-])c1)[C@@H]1[C@@H]2C(=O)N(C3CCCCC3)C(=O)[C@@H]2C2c3ccccc3C=CN21. The van der Waals surface area contributed by atoms with Crippen LogP contribution in [-0.2, 0) is 14.4 Å². The first-order valence-corrected chi connectivity index (χ1v) is 12.9. The van der Waals surface area contributed by atoms with Gasteiger partial charge in [-0.1, -0.05) is 55.1 Å². The Kier molecular flexibility index (Phi) is 5.75. The van der Waals surface area contributed by atoms with Crippen LogP contribution in [0.2, 0.25) is 5.02 Å². The molecule has 0 spiro atoms. The molecule has 2 aromatic rings. The van der Waals surface area contributed by atoms with Gasteiger partial charge in [0.1, 0.15) is 11.1 Å². The molecule has 3 amide bonds. The lowest BCUT2D eigenvalue weighted by Crippen LogP contribution is -2.49. The molecule has 6 rings (SSSR count). The van der Waals surface area contributed by atoms with E-state index in [0.717, 1.165) is 43.2 Å². The molecule has 0 radical (unpaired) electrons. The lowest BCUT2D eigenvalue weighted by Gasteiger charge is -2.37. The van der Waals surface area contributed by atoms with Crippen molar-refractivity contribution in [1.29, 1.82) is 0 Å². The summed E-state index contributed by atoms with van der Waals surface area (Å²) in [4.78, 5) is 55.5. The average Bonchev–Trinajstić information content (AvgIpc) is 3.38. The van der Waals surface area contributed by atoms with Crippen molar-refractivity contribution in [3.8, 4) is 0 Å². The van der Waals surface area contributed by atoms with Crippen LogP contribution in [-0.4, -0.2) is 44.5 Å². The van der Waals surface area contributed by atoms with Gasteiger partial charge in [0.25, 0.3) is 5.69 Å². The zero-order valence-corrected chi connectivity index (χ0v) is 20.6. The predicted octanol–water partition coefficient (Wildman–Crippen LogP) is 4.53. The second-order valence-electron chi connectivity index (χ2n) is 10.1. The largest absolute Gasteiger partial charge is 0.357 e. The number of amides is 3. The summed E-state index contributed by atoms with van der Waals surface area (Å²) in [7, 11) is 0. The van der Waals surface area contributed by atoms with E-state index in [9.17, 15) is 24.5 Å². The van der Waals surface area contributed by atoms with Crippen molar-refractivity contribution in [2.24, 2.45) is 11.8 Å². The van der Waals surface area contributed by atoms with Gasteiger partial charge in [-0.2, -0.15) is 0 Å². The molecule has 1 N–H and O–H groups in total. The van der Waals surface area contributed by atoms with Crippen LogP contribution in [0.25, 0.3) is 6.08 Å². The standard InChI is InChI=1S/C27H25ClN4O5/c28-19-11-10-16(14-20(19)32(36)37)29-25(33)24-22-21(23-18-9-5-4-6-15(18)12-13-30(23)24)26(34)31(27(22)35)17-7-2-1-3-8-17/h4-6,9-14,17,21-24H,1-3,7-8H2,(H,29,33)/t21-,22+,23?,24-/m0/s1. The van der Waals surface area contributed by atoms with Gasteiger partial charge in [0.15, 0.2) is 0 Å². The highest BCUT2D eigenvalue weighted by Gasteiger charge is 2.65. The summed E-state index contributed by atoms with van der Waals surface area (Å²) < 4.78 is 0. The maximum atomic E-state index is 13.9. The Morgan fingerprint density at radius 1 is 1.03 bits per heavy atom. The third-order valence-electron chi connectivity index (χ3n) is 8.11. The summed E-state index contributed by atoms with van der Waals surface area (Å²) in [6.07, 6.45) is 8.26. The van der Waals surface area contributed by atoms with Crippen LogP contribution in [0.3, 0.4) is 0 Å². The minimum absolute atomic E-state index is 0.0424. The summed E-state index contributed by atoms with van der Waals surface area (Å²) in [5.74, 6) is -2.54. The van der Waals surface area contributed by atoms with Gasteiger partial charge in [-0.05, 0) is 42.2 Å². The third-order valence-corrected chi connectivity index (χ3v) is 8.43. The molecular formula is C27H25ClN4O5. The number of benzene rings is 2. The topological polar surface area (TPSA) is 113 Å². The van der Waals surface area contributed by atoms with Crippen molar-refractivity contribution >= 4 is 46.8 Å². The highest BCUT2D eigenvalue weighted by atomic mass is 35.5. The van der Waals surface area contributed by atoms with Gasteiger partial charge < -0.3 is 10.2 Å².